The molecule has 0 aromatic heterocycles. The molecule has 2 aromatic carbocycles. The van der Waals surface area contributed by atoms with Crippen LogP contribution in [-0.2, 0) is 0 Å². The van der Waals surface area contributed by atoms with E-state index in [0.717, 1.165) is 3.57 Å². The van der Waals surface area contributed by atoms with Gasteiger partial charge in [-0.2, -0.15) is 5.10 Å². The monoisotopic (exact) mass is 474 g/mol. The van der Waals surface area contributed by atoms with Gasteiger partial charge in [-0.25, -0.2) is 5.43 Å². The highest BCUT2D eigenvalue weighted by Crippen LogP contribution is 2.34. The van der Waals surface area contributed by atoms with Crippen LogP contribution in [0.4, 0.5) is 0 Å². The number of methoxy groups -OCH3 is 1. The lowest BCUT2D eigenvalue weighted by Gasteiger charge is -2.06. The van der Waals surface area contributed by atoms with Gasteiger partial charge < -0.3 is 9.84 Å². The minimum absolute atomic E-state index is 0.0162. The Hall–Kier alpha value is -1.61. The number of carbonyl (C=O) groups is 1. The van der Waals surface area contributed by atoms with E-state index in [1.807, 2.05) is 12.1 Å². The second-order valence-corrected chi connectivity index (χ2v) is 6.36. The predicted molar refractivity (Wildman–Crippen MR) is 96.6 cm³/mol. The topological polar surface area (TPSA) is 70.9 Å². The number of nitrogens with one attached hydrogen (secondary N) is 1. The maximum absolute atomic E-state index is 11.9. The fourth-order valence-corrected chi connectivity index (χ4v) is 2.69. The summed E-state index contributed by atoms with van der Waals surface area (Å²) in [7, 11) is 1.46. The highest BCUT2D eigenvalue weighted by atomic mass is 127. The van der Waals surface area contributed by atoms with Crippen molar-refractivity contribution in [3.05, 3.63) is 55.6 Å². The van der Waals surface area contributed by atoms with Gasteiger partial charge in [0.2, 0.25) is 0 Å². The van der Waals surface area contributed by atoms with Gasteiger partial charge in [0.15, 0.2) is 11.5 Å². The number of carbonyl (C=O) groups excluding carboxylic acids is 1. The molecule has 2 rings (SSSR count). The number of aromatic hydroxyl groups is 1. The average Bonchev–Trinajstić information content (AvgIpc) is 2.50. The van der Waals surface area contributed by atoms with Crippen molar-refractivity contribution in [2.75, 3.05) is 7.11 Å². The van der Waals surface area contributed by atoms with Crippen LogP contribution in [-0.4, -0.2) is 24.3 Å². The van der Waals surface area contributed by atoms with Crippen molar-refractivity contribution in [2.24, 2.45) is 5.10 Å². The number of ether oxygens (including phenoxy) is 1. The number of benzene rings is 2. The zero-order valence-electron chi connectivity index (χ0n) is 11.5. The first-order valence-electron chi connectivity index (χ1n) is 6.16. The average molecular weight is 475 g/mol. The summed E-state index contributed by atoms with van der Waals surface area (Å²) in [5, 5.41) is 13.6. The van der Waals surface area contributed by atoms with Gasteiger partial charge in [-0.15, -0.1) is 0 Å². The van der Waals surface area contributed by atoms with Gasteiger partial charge in [0, 0.05) is 9.13 Å². The van der Waals surface area contributed by atoms with Gasteiger partial charge >= 0.3 is 0 Å². The van der Waals surface area contributed by atoms with Gasteiger partial charge in [0.05, 0.1) is 17.8 Å². The van der Waals surface area contributed by atoms with Crippen LogP contribution in [0.1, 0.15) is 15.9 Å². The lowest BCUT2D eigenvalue weighted by atomic mass is 10.2. The van der Waals surface area contributed by atoms with Crippen LogP contribution in [0, 0.1) is 3.57 Å². The standard InChI is InChI=1S/C15H12BrIN2O3/c1-22-13-6-9(5-12(16)14(13)20)8-18-19-15(21)10-3-2-4-11(17)7-10/h2-8,20H,1H3,(H,19,21)/b18-8-. The Morgan fingerprint density at radius 1 is 1.41 bits per heavy atom. The Morgan fingerprint density at radius 3 is 2.86 bits per heavy atom. The number of hydrogen-bond donors (Lipinski definition) is 2. The van der Waals surface area contributed by atoms with Crippen molar-refractivity contribution in [3.8, 4) is 11.5 Å². The van der Waals surface area contributed by atoms with Crippen LogP contribution < -0.4 is 10.2 Å². The molecule has 0 spiro atoms. The molecule has 0 saturated heterocycles. The molecule has 2 aromatic rings. The lowest BCUT2D eigenvalue weighted by Crippen LogP contribution is -2.17. The number of rotatable bonds is 4. The molecular formula is C15H12BrIN2O3. The molecule has 0 radical (unpaired) electrons. The molecule has 5 nitrogen and oxygen atoms in total. The summed E-state index contributed by atoms with van der Waals surface area (Å²) in [5.41, 5.74) is 3.66. The molecule has 1 amide bonds. The maximum atomic E-state index is 11.9. The zero-order valence-corrected chi connectivity index (χ0v) is 15.3. The Bertz CT molecular complexity index is 735. The summed E-state index contributed by atoms with van der Waals surface area (Å²) in [6.07, 6.45) is 1.47. The summed E-state index contributed by atoms with van der Waals surface area (Å²) < 4.78 is 6.50. The molecule has 0 heterocycles. The van der Waals surface area contributed by atoms with Gasteiger partial charge in [-0.05, 0) is 74.4 Å². The quantitative estimate of drug-likeness (QED) is 0.404. The van der Waals surface area contributed by atoms with Crippen LogP contribution in [0.15, 0.2) is 46.0 Å². The van der Waals surface area contributed by atoms with Crippen LogP contribution in [0.3, 0.4) is 0 Å². The maximum Gasteiger partial charge on any atom is 0.271 e. The third kappa shape index (κ3) is 4.20. The lowest BCUT2D eigenvalue weighted by molar-refractivity contribution is 0.0955. The van der Waals surface area contributed by atoms with Crippen LogP contribution >= 0.6 is 38.5 Å². The second-order valence-electron chi connectivity index (χ2n) is 4.26. The molecule has 0 atom stereocenters. The molecule has 0 unspecified atom stereocenters. The number of nitrogens with zero attached hydrogens (tertiary/aromatic N) is 1. The first kappa shape index (κ1) is 16.8. The van der Waals surface area contributed by atoms with E-state index in [1.165, 1.54) is 13.3 Å². The van der Waals surface area contributed by atoms with Crippen molar-refractivity contribution in [3.63, 3.8) is 0 Å². The number of hydrazone groups is 1. The molecule has 0 saturated carbocycles. The fraction of sp³-hybridized carbons (Fsp3) is 0.0667. The number of phenolic OH excluding ortho intramolecular Hbond substituents is 1. The highest BCUT2D eigenvalue weighted by molar-refractivity contribution is 14.1. The van der Waals surface area contributed by atoms with Crippen molar-refractivity contribution >= 4 is 50.6 Å². The predicted octanol–water partition coefficient (Wildman–Crippen LogP) is 3.53. The molecule has 22 heavy (non-hydrogen) atoms. The SMILES string of the molecule is COc1cc(/C=N\NC(=O)c2cccc(I)c2)cc(Br)c1O. The van der Waals surface area contributed by atoms with Crippen LogP contribution in [0.5, 0.6) is 11.5 Å². The van der Waals surface area contributed by atoms with Gasteiger partial charge in [0.1, 0.15) is 0 Å². The summed E-state index contributed by atoms with van der Waals surface area (Å²) in [6, 6.07) is 10.5. The molecule has 0 aliphatic carbocycles. The number of halogens is 2. The molecule has 0 aliphatic heterocycles. The smallest absolute Gasteiger partial charge is 0.271 e. The Balaban J connectivity index is 2.10. The summed E-state index contributed by atoms with van der Waals surface area (Å²) in [6.45, 7) is 0. The number of amides is 1. The van der Waals surface area contributed by atoms with E-state index >= 15 is 0 Å². The largest absolute Gasteiger partial charge is 0.503 e. The highest BCUT2D eigenvalue weighted by Gasteiger charge is 2.08. The molecule has 2 N–H and O–H groups in total. The van der Waals surface area contributed by atoms with Gasteiger partial charge in [-0.1, -0.05) is 6.07 Å². The van der Waals surface area contributed by atoms with Crippen molar-refractivity contribution < 1.29 is 14.6 Å². The molecule has 0 aliphatic rings. The minimum atomic E-state index is -0.292. The third-order valence-electron chi connectivity index (χ3n) is 2.74. The zero-order chi connectivity index (χ0) is 16.1. The Morgan fingerprint density at radius 2 is 2.18 bits per heavy atom. The summed E-state index contributed by atoms with van der Waals surface area (Å²) >= 11 is 5.36. The van der Waals surface area contributed by atoms with E-state index in [0.29, 0.717) is 21.3 Å². The van der Waals surface area contributed by atoms with Crippen molar-refractivity contribution in [1.29, 1.82) is 0 Å². The second kappa shape index (κ2) is 7.59. The van der Waals surface area contributed by atoms with Gasteiger partial charge in [0.25, 0.3) is 5.91 Å². The number of phenols is 1. The summed E-state index contributed by atoms with van der Waals surface area (Å²) in [4.78, 5) is 11.9. The Kier molecular flexibility index (Phi) is 5.78. The minimum Gasteiger partial charge on any atom is -0.503 e. The van der Waals surface area contributed by atoms with Crippen LogP contribution in [0.25, 0.3) is 0 Å². The van der Waals surface area contributed by atoms with E-state index in [9.17, 15) is 9.90 Å². The molecular weight excluding hydrogens is 463 g/mol. The van der Waals surface area contributed by atoms with Crippen LogP contribution in [0.2, 0.25) is 0 Å². The molecule has 0 fully saturated rings. The summed E-state index contributed by atoms with van der Waals surface area (Å²) in [5.74, 6) is 0.0434. The number of hydrogen-bond acceptors (Lipinski definition) is 4. The van der Waals surface area contributed by atoms with E-state index < -0.39 is 0 Å². The molecule has 0 bridgehead atoms. The first-order valence-corrected chi connectivity index (χ1v) is 8.04. The molecule has 7 heteroatoms. The first-order chi connectivity index (χ1) is 10.5. The van der Waals surface area contributed by atoms with Gasteiger partial charge in [-0.3, -0.25) is 4.79 Å². The van der Waals surface area contributed by atoms with E-state index in [4.69, 9.17) is 4.74 Å². The Labute approximate surface area is 149 Å². The van der Waals surface area contributed by atoms with E-state index in [-0.39, 0.29) is 11.7 Å². The molecule has 114 valence electrons. The normalized spacial score (nSPS) is 10.7. The van der Waals surface area contributed by atoms with Crippen molar-refractivity contribution in [2.45, 2.75) is 0 Å². The van der Waals surface area contributed by atoms with E-state index in [1.54, 1.807) is 24.3 Å². The third-order valence-corrected chi connectivity index (χ3v) is 4.01. The van der Waals surface area contributed by atoms with E-state index in [2.05, 4.69) is 49.0 Å². The van der Waals surface area contributed by atoms with Crippen molar-refractivity contribution in [1.82, 2.24) is 5.43 Å². The fourth-order valence-electron chi connectivity index (χ4n) is 1.68.